The molecule has 1 fully saturated rings. The zero-order chi connectivity index (χ0) is 11.9. The third-order valence-electron chi connectivity index (χ3n) is 2.76. The molecule has 0 atom stereocenters. The maximum absolute atomic E-state index is 4.81. The molecule has 0 saturated heterocycles. The fourth-order valence-corrected chi connectivity index (χ4v) is 3.08. The predicted octanol–water partition coefficient (Wildman–Crippen LogP) is 3.28. The molecule has 15 heavy (non-hydrogen) atoms. The summed E-state index contributed by atoms with van der Waals surface area (Å²) in [6, 6.07) is 0. The van der Waals surface area contributed by atoms with Crippen molar-refractivity contribution in [2.24, 2.45) is 15.9 Å². The van der Waals surface area contributed by atoms with Gasteiger partial charge in [0.1, 0.15) is 0 Å². The summed E-state index contributed by atoms with van der Waals surface area (Å²) in [5.41, 5.74) is 2.22. The van der Waals surface area contributed by atoms with E-state index < -0.39 is 0 Å². The minimum atomic E-state index is 0.412. The highest BCUT2D eigenvalue weighted by Gasteiger charge is 2.37. The molecule has 0 bridgehead atoms. The van der Waals surface area contributed by atoms with E-state index in [1.807, 2.05) is 0 Å². The van der Waals surface area contributed by atoms with Crippen molar-refractivity contribution in [1.29, 1.82) is 0 Å². The van der Waals surface area contributed by atoms with Crippen LogP contribution in [0.2, 0.25) is 0 Å². The maximum Gasteiger partial charge on any atom is 0.0923 e. The van der Waals surface area contributed by atoms with Gasteiger partial charge >= 0.3 is 0 Å². The average Bonchev–Trinajstić information content (AvgIpc) is 1.70. The van der Waals surface area contributed by atoms with Crippen molar-refractivity contribution in [2.75, 3.05) is 21.1 Å². The van der Waals surface area contributed by atoms with Gasteiger partial charge < -0.3 is 0 Å². The minimum absolute atomic E-state index is 0.412. The summed E-state index contributed by atoms with van der Waals surface area (Å²) in [6.45, 7) is 9.44. The van der Waals surface area contributed by atoms with Crippen molar-refractivity contribution in [3.63, 3.8) is 0 Å². The first kappa shape index (κ1) is 12.7. The lowest BCUT2D eigenvalue weighted by molar-refractivity contribution is -0.877. The molecule has 1 rings (SSSR count). The van der Waals surface area contributed by atoms with E-state index in [0.717, 1.165) is 12.8 Å². The molecule has 0 radical (unpaired) electrons. The van der Waals surface area contributed by atoms with Crippen LogP contribution in [-0.4, -0.2) is 31.4 Å². The highest BCUT2D eigenvalue weighted by Crippen LogP contribution is 2.44. The Hall–Kier alpha value is -0.370. The molecule has 0 heterocycles. The fourth-order valence-electron chi connectivity index (χ4n) is 3.08. The molecule has 0 unspecified atom stereocenters. The number of rotatable bonds is 1. The van der Waals surface area contributed by atoms with Crippen LogP contribution in [-0.2, 0) is 0 Å². The SMILES string of the molecule is CC1(C)CC(=N[N+](C)(C)C)CC(C)(C)C1. The van der Waals surface area contributed by atoms with Crippen molar-refractivity contribution >= 4 is 5.71 Å². The van der Waals surface area contributed by atoms with Crippen molar-refractivity contribution in [1.82, 2.24) is 0 Å². The van der Waals surface area contributed by atoms with E-state index in [1.165, 1.54) is 12.1 Å². The summed E-state index contributed by atoms with van der Waals surface area (Å²) in [5, 5.41) is 4.81. The fraction of sp³-hybridized carbons (Fsp3) is 0.923. The van der Waals surface area contributed by atoms with E-state index in [1.54, 1.807) is 0 Å². The lowest BCUT2D eigenvalue weighted by Crippen LogP contribution is -2.37. The van der Waals surface area contributed by atoms with Gasteiger partial charge in [0, 0.05) is 0 Å². The number of hydrogen-bond acceptors (Lipinski definition) is 1. The topological polar surface area (TPSA) is 12.4 Å². The summed E-state index contributed by atoms with van der Waals surface area (Å²) in [6.07, 6.45) is 3.62. The quantitative estimate of drug-likeness (QED) is 0.466. The third-order valence-corrected chi connectivity index (χ3v) is 2.76. The van der Waals surface area contributed by atoms with Gasteiger partial charge in [-0.2, -0.15) is 0 Å². The molecular weight excluding hydrogens is 184 g/mol. The smallest absolute Gasteiger partial charge is 0.0923 e. The van der Waals surface area contributed by atoms with Gasteiger partial charge in [-0.05, 0) is 30.1 Å². The normalized spacial score (nSPS) is 25.1. The van der Waals surface area contributed by atoms with Crippen LogP contribution in [0.15, 0.2) is 5.10 Å². The first-order valence-electron chi connectivity index (χ1n) is 5.89. The van der Waals surface area contributed by atoms with Crippen LogP contribution in [0.5, 0.6) is 0 Å². The second kappa shape index (κ2) is 3.58. The first-order valence-corrected chi connectivity index (χ1v) is 5.89. The van der Waals surface area contributed by atoms with Gasteiger partial charge in [-0.15, -0.1) is 0 Å². The monoisotopic (exact) mass is 211 g/mol. The summed E-state index contributed by atoms with van der Waals surface area (Å²) in [4.78, 5) is 0. The van der Waals surface area contributed by atoms with Gasteiger partial charge in [-0.1, -0.05) is 32.8 Å². The lowest BCUT2D eigenvalue weighted by atomic mass is 9.65. The summed E-state index contributed by atoms with van der Waals surface area (Å²) in [5.74, 6) is 0. The standard InChI is InChI=1S/C13H27N2/c1-12(2)8-11(14-15(5,6)7)9-13(3,4)10-12/h8-10H2,1-7H3/q+1. The molecule has 88 valence electrons. The highest BCUT2D eigenvalue weighted by atomic mass is 15.6. The van der Waals surface area contributed by atoms with Gasteiger partial charge in [-0.25, -0.2) is 4.59 Å². The van der Waals surface area contributed by atoms with Crippen LogP contribution in [0.25, 0.3) is 0 Å². The molecule has 1 aliphatic carbocycles. The Kier molecular flexibility index (Phi) is 3.03. The van der Waals surface area contributed by atoms with E-state index in [0.29, 0.717) is 15.4 Å². The van der Waals surface area contributed by atoms with E-state index in [9.17, 15) is 0 Å². The molecule has 1 saturated carbocycles. The molecule has 2 nitrogen and oxygen atoms in total. The summed E-state index contributed by atoms with van der Waals surface area (Å²) >= 11 is 0. The Morgan fingerprint density at radius 1 is 0.933 bits per heavy atom. The largest absolute Gasteiger partial charge is 0.205 e. The Bertz CT molecular complexity index is 249. The molecule has 0 spiro atoms. The highest BCUT2D eigenvalue weighted by molar-refractivity contribution is 5.85. The molecule has 0 N–H and O–H groups in total. The van der Waals surface area contributed by atoms with Crippen molar-refractivity contribution in [3.05, 3.63) is 0 Å². The molecule has 0 aliphatic heterocycles. The van der Waals surface area contributed by atoms with Gasteiger partial charge in [0.15, 0.2) is 0 Å². The zero-order valence-electron chi connectivity index (χ0n) is 11.5. The van der Waals surface area contributed by atoms with Crippen molar-refractivity contribution in [3.8, 4) is 0 Å². The molecule has 0 aromatic carbocycles. The molecule has 0 aromatic heterocycles. The van der Waals surface area contributed by atoms with E-state index in [-0.39, 0.29) is 0 Å². The maximum atomic E-state index is 4.81. The number of hydrogen-bond donors (Lipinski definition) is 0. The predicted molar refractivity (Wildman–Crippen MR) is 66.9 cm³/mol. The summed E-state index contributed by atoms with van der Waals surface area (Å²) in [7, 11) is 6.38. The van der Waals surface area contributed by atoms with Crippen LogP contribution in [0.1, 0.15) is 47.0 Å². The van der Waals surface area contributed by atoms with E-state index in [4.69, 9.17) is 5.10 Å². The van der Waals surface area contributed by atoms with Crippen molar-refractivity contribution in [2.45, 2.75) is 47.0 Å². The minimum Gasteiger partial charge on any atom is -0.205 e. The zero-order valence-corrected chi connectivity index (χ0v) is 11.5. The van der Waals surface area contributed by atoms with Crippen LogP contribution >= 0.6 is 0 Å². The third kappa shape index (κ3) is 4.33. The van der Waals surface area contributed by atoms with E-state index >= 15 is 0 Å². The Balaban J connectivity index is 2.90. The van der Waals surface area contributed by atoms with Gasteiger partial charge in [0.05, 0.1) is 26.9 Å². The van der Waals surface area contributed by atoms with Gasteiger partial charge in [0.25, 0.3) is 0 Å². The summed E-state index contributed by atoms with van der Waals surface area (Å²) < 4.78 is 0.696. The van der Waals surface area contributed by atoms with Crippen LogP contribution in [0.4, 0.5) is 0 Å². The molecule has 1 aliphatic rings. The Morgan fingerprint density at radius 3 is 1.67 bits per heavy atom. The first-order chi connectivity index (χ1) is 6.49. The number of quaternary nitrogens is 1. The second-order valence-corrected chi connectivity index (χ2v) is 7.47. The van der Waals surface area contributed by atoms with Crippen LogP contribution in [0.3, 0.4) is 0 Å². The number of nitrogens with zero attached hydrogens (tertiary/aromatic N) is 2. The second-order valence-electron chi connectivity index (χ2n) is 7.47. The van der Waals surface area contributed by atoms with Crippen LogP contribution in [0, 0.1) is 10.8 Å². The molecule has 2 heteroatoms. The Labute approximate surface area is 94.9 Å². The van der Waals surface area contributed by atoms with Crippen LogP contribution < -0.4 is 0 Å². The lowest BCUT2D eigenvalue weighted by Gasteiger charge is -2.41. The van der Waals surface area contributed by atoms with E-state index in [2.05, 4.69) is 48.8 Å². The molecular formula is C13H27N2+. The molecule has 0 amide bonds. The van der Waals surface area contributed by atoms with Gasteiger partial charge in [-0.3, -0.25) is 0 Å². The average molecular weight is 211 g/mol. The molecule has 0 aromatic rings. The Morgan fingerprint density at radius 2 is 1.33 bits per heavy atom. The van der Waals surface area contributed by atoms with Gasteiger partial charge in [0.2, 0.25) is 0 Å². The van der Waals surface area contributed by atoms with Crippen molar-refractivity contribution < 1.29 is 4.59 Å².